The van der Waals surface area contributed by atoms with Crippen molar-refractivity contribution in [2.45, 2.75) is 0 Å². The molecule has 1 N–H and O–H groups in total. The molecule has 0 saturated carbocycles. The summed E-state index contributed by atoms with van der Waals surface area (Å²) in [7, 11) is 0. The van der Waals surface area contributed by atoms with E-state index >= 15 is 0 Å². The highest BCUT2D eigenvalue weighted by Crippen LogP contribution is 2.25. The second-order valence-corrected chi connectivity index (χ2v) is 7.02. The molecule has 3 aromatic rings. The Bertz CT molecular complexity index is 1010. The van der Waals surface area contributed by atoms with E-state index in [4.69, 9.17) is 23.2 Å². The number of rotatable bonds is 6. The van der Waals surface area contributed by atoms with Gasteiger partial charge in [-0.15, -0.1) is 0 Å². The lowest BCUT2D eigenvalue weighted by Crippen LogP contribution is -2.39. The number of hydrogen-bond acceptors (Lipinski definition) is 2. The molecule has 0 heterocycles. The van der Waals surface area contributed by atoms with Crippen molar-refractivity contribution in [1.29, 1.82) is 0 Å². The molecule has 7 heteroatoms. The Labute approximate surface area is 177 Å². The summed E-state index contributed by atoms with van der Waals surface area (Å²) in [4.78, 5) is 26.8. The van der Waals surface area contributed by atoms with Gasteiger partial charge in [-0.25, -0.2) is 4.39 Å². The number of carbonyl (C=O) groups excluding carboxylic acids is 2. The van der Waals surface area contributed by atoms with Crippen molar-refractivity contribution < 1.29 is 14.0 Å². The number of anilines is 1. The van der Waals surface area contributed by atoms with E-state index in [0.717, 1.165) is 0 Å². The number of hydrogen-bond donors (Lipinski definition) is 1. The van der Waals surface area contributed by atoms with Gasteiger partial charge in [0.2, 0.25) is 0 Å². The Morgan fingerprint density at radius 2 is 1.62 bits per heavy atom. The fraction of sp³-hybridized carbons (Fsp3) is 0.0909. The second-order valence-electron chi connectivity index (χ2n) is 6.18. The number of nitrogens with one attached hydrogen (secondary N) is 1. The first-order chi connectivity index (χ1) is 14.0. The molecule has 0 fully saturated rings. The van der Waals surface area contributed by atoms with Gasteiger partial charge < -0.3 is 10.2 Å². The zero-order chi connectivity index (χ0) is 20.8. The smallest absolute Gasteiger partial charge is 0.259 e. The Morgan fingerprint density at radius 1 is 0.931 bits per heavy atom. The van der Waals surface area contributed by atoms with Crippen LogP contribution >= 0.6 is 23.2 Å². The molecule has 0 saturated heterocycles. The second kappa shape index (κ2) is 9.54. The first-order valence-corrected chi connectivity index (χ1v) is 9.57. The number of benzene rings is 3. The maximum Gasteiger partial charge on any atom is 0.259 e. The maximum absolute atomic E-state index is 13.3. The van der Waals surface area contributed by atoms with E-state index in [9.17, 15) is 14.0 Å². The molecule has 3 aromatic carbocycles. The summed E-state index contributed by atoms with van der Waals surface area (Å²) >= 11 is 12.1. The van der Waals surface area contributed by atoms with Crippen LogP contribution in [-0.2, 0) is 0 Å². The van der Waals surface area contributed by atoms with Crippen LogP contribution in [0, 0.1) is 5.82 Å². The Balaban J connectivity index is 1.79. The van der Waals surface area contributed by atoms with Gasteiger partial charge in [-0.1, -0.05) is 41.4 Å². The van der Waals surface area contributed by atoms with Crippen molar-refractivity contribution in [3.05, 3.63) is 99.8 Å². The minimum Gasteiger partial charge on any atom is -0.350 e. The van der Waals surface area contributed by atoms with Gasteiger partial charge in [0.1, 0.15) is 5.82 Å². The summed E-state index contributed by atoms with van der Waals surface area (Å²) in [6, 6.07) is 18.9. The molecular weight excluding hydrogens is 414 g/mol. The van der Waals surface area contributed by atoms with Crippen molar-refractivity contribution in [1.82, 2.24) is 5.32 Å². The quantitative estimate of drug-likeness (QED) is 0.583. The SMILES string of the molecule is O=C(NCCN(C(=O)c1ccc(Cl)cc1Cl)c1ccc(F)cc1)c1ccccc1. The minimum absolute atomic E-state index is 0.169. The van der Waals surface area contributed by atoms with Gasteiger partial charge in [0.25, 0.3) is 11.8 Å². The standard InChI is InChI=1S/C22H17Cl2FN2O2/c23-16-6-11-19(20(24)14-16)22(29)27(18-9-7-17(25)8-10-18)13-12-26-21(28)15-4-2-1-3-5-15/h1-11,14H,12-13H2,(H,26,28). The molecule has 4 nitrogen and oxygen atoms in total. The van der Waals surface area contributed by atoms with Crippen LogP contribution in [0.3, 0.4) is 0 Å². The molecule has 3 rings (SSSR count). The number of carbonyl (C=O) groups is 2. The van der Waals surface area contributed by atoms with Gasteiger partial charge in [-0.2, -0.15) is 0 Å². The summed E-state index contributed by atoms with van der Waals surface area (Å²) in [6.07, 6.45) is 0. The van der Waals surface area contributed by atoms with Crippen molar-refractivity contribution in [3.8, 4) is 0 Å². The average Bonchev–Trinajstić information content (AvgIpc) is 2.72. The van der Waals surface area contributed by atoms with Crippen LogP contribution in [-0.4, -0.2) is 24.9 Å². The normalized spacial score (nSPS) is 10.4. The summed E-state index contributed by atoms with van der Waals surface area (Å²) in [5, 5.41) is 3.40. The molecular formula is C22H17Cl2FN2O2. The highest BCUT2D eigenvalue weighted by molar-refractivity contribution is 6.37. The minimum atomic E-state index is -0.414. The third-order valence-electron chi connectivity index (χ3n) is 4.20. The average molecular weight is 431 g/mol. The summed E-state index contributed by atoms with van der Waals surface area (Å²) in [6.45, 7) is 0.365. The first-order valence-electron chi connectivity index (χ1n) is 8.81. The molecule has 0 spiro atoms. The van der Waals surface area contributed by atoms with Crippen LogP contribution in [0.2, 0.25) is 10.0 Å². The molecule has 0 aromatic heterocycles. The Kier molecular flexibility index (Phi) is 6.86. The Morgan fingerprint density at radius 3 is 2.28 bits per heavy atom. The van der Waals surface area contributed by atoms with E-state index in [-0.39, 0.29) is 35.5 Å². The maximum atomic E-state index is 13.3. The van der Waals surface area contributed by atoms with Crippen LogP contribution < -0.4 is 10.2 Å². The molecule has 0 atom stereocenters. The molecule has 0 aliphatic heterocycles. The number of halogens is 3. The van der Waals surface area contributed by atoms with E-state index in [0.29, 0.717) is 16.3 Å². The molecule has 0 unspecified atom stereocenters. The highest BCUT2D eigenvalue weighted by atomic mass is 35.5. The van der Waals surface area contributed by atoms with Gasteiger partial charge in [0.05, 0.1) is 10.6 Å². The van der Waals surface area contributed by atoms with Gasteiger partial charge in [0.15, 0.2) is 0 Å². The van der Waals surface area contributed by atoms with E-state index in [1.165, 1.54) is 41.3 Å². The molecule has 0 aliphatic rings. The molecule has 0 radical (unpaired) electrons. The number of nitrogens with zero attached hydrogens (tertiary/aromatic N) is 1. The van der Waals surface area contributed by atoms with Gasteiger partial charge in [-0.05, 0) is 54.6 Å². The third kappa shape index (κ3) is 5.34. The molecule has 29 heavy (non-hydrogen) atoms. The zero-order valence-corrected chi connectivity index (χ0v) is 16.8. The lowest BCUT2D eigenvalue weighted by atomic mass is 10.1. The molecule has 2 amide bonds. The van der Waals surface area contributed by atoms with E-state index in [1.807, 2.05) is 6.07 Å². The van der Waals surface area contributed by atoms with Crippen LogP contribution in [0.5, 0.6) is 0 Å². The topological polar surface area (TPSA) is 49.4 Å². The first kappa shape index (κ1) is 20.8. The Hall–Kier alpha value is -2.89. The van der Waals surface area contributed by atoms with Gasteiger partial charge in [-0.3, -0.25) is 9.59 Å². The summed E-state index contributed by atoms with van der Waals surface area (Å²) in [5.74, 6) is -1.04. The van der Waals surface area contributed by atoms with Crippen molar-refractivity contribution in [2.24, 2.45) is 0 Å². The summed E-state index contributed by atoms with van der Waals surface area (Å²) < 4.78 is 13.3. The van der Waals surface area contributed by atoms with E-state index in [1.54, 1.807) is 30.3 Å². The zero-order valence-electron chi connectivity index (χ0n) is 15.2. The number of amides is 2. The summed E-state index contributed by atoms with van der Waals surface area (Å²) in [5.41, 5.74) is 1.26. The van der Waals surface area contributed by atoms with Crippen molar-refractivity contribution in [2.75, 3.05) is 18.0 Å². The predicted molar refractivity (Wildman–Crippen MR) is 113 cm³/mol. The van der Waals surface area contributed by atoms with Crippen LogP contribution in [0.25, 0.3) is 0 Å². The molecule has 0 bridgehead atoms. The van der Waals surface area contributed by atoms with Gasteiger partial charge >= 0.3 is 0 Å². The van der Waals surface area contributed by atoms with Crippen molar-refractivity contribution >= 4 is 40.7 Å². The van der Waals surface area contributed by atoms with Crippen LogP contribution in [0.15, 0.2) is 72.8 Å². The van der Waals surface area contributed by atoms with Crippen LogP contribution in [0.1, 0.15) is 20.7 Å². The van der Waals surface area contributed by atoms with Crippen LogP contribution in [0.4, 0.5) is 10.1 Å². The predicted octanol–water partition coefficient (Wildman–Crippen LogP) is 5.21. The largest absolute Gasteiger partial charge is 0.350 e. The third-order valence-corrected chi connectivity index (χ3v) is 4.75. The molecule has 148 valence electrons. The van der Waals surface area contributed by atoms with Crippen molar-refractivity contribution in [3.63, 3.8) is 0 Å². The fourth-order valence-electron chi connectivity index (χ4n) is 2.75. The lowest BCUT2D eigenvalue weighted by Gasteiger charge is -2.24. The highest BCUT2D eigenvalue weighted by Gasteiger charge is 2.20. The fourth-order valence-corrected chi connectivity index (χ4v) is 3.24. The monoisotopic (exact) mass is 430 g/mol. The van der Waals surface area contributed by atoms with E-state index < -0.39 is 5.82 Å². The lowest BCUT2D eigenvalue weighted by molar-refractivity contribution is 0.0943. The molecule has 0 aliphatic carbocycles. The van der Waals surface area contributed by atoms with E-state index in [2.05, 4.69) is 5.32 Å². The van der Waals surface area contributed by atoms with Gasteiger partial charge in [0, 0.05) is 29.4 Å².